The van der Waals surface area contributed by atoms with Gasteiger partial charge in [0.05, 0.1) is 12.7 Å². The van der Waals surface area contributed by atoms with Gasteiger partial charge >= 0.3 is 5.69 Å². The summed E-state index contributed by atoms with van der Waals surface area (Å²) in [6.07, 6.45) is 0. The van der Waals surface area contributed by atoms with Gasteiger partial charge in [-0.1, -0.05) is 11.6 Å². The van der Waals surface area contributed by atoms with Gasteiger partial charge in [0.15, 0.2) is 5.00 Å². The van der Waals surface area contributed by atoms with Gasteiger partial charge in [-0.2, -0.15) is 0 Å². The highest BCUT2D eigenvalue weighted by molar-refractivity contribution is 6.27. The topological polar surface area (TPSA) is 68.5 Å². The predicted molar refractivity (Wildman–Crippen MR) is 93.5 cm³/mol. The second-order valence-electron chi connectivity index (χ2n) is 5.98. The Morgan fingerprint density at radius 1 is 1.21 bits per heavy atom. The van der Waals surface area contributed by atoms with Crippen LogP contribution in [0, 0.1) is 0 Å². The van der Waals surface area contributed by atoms with Crippen molar-refractivity contribution in [2.24, 2.45) is 14.1 Å². The molecule has 2 aromatic rings. The largest absolute Gasteiger partial charge is 0.497 e. The molecule has 0 aliphatic carbocycles. The predicted octanol–water partition coefficient (Wildman–Crippen LogP) is 1.15. The fourth-order valence-electron chi connectivity index (χ4n) is 3.06. The van der Waals surface area contributed by atoms with E-state index in [0.29, 0.717) is 22.8 Å². The van der Waals surface area contributed by atoms with Crippen molar-refractivity contribution in [3.63, 3.8) is 0 Å². The molecule has 1 aromatic heterocycles. The number of alkyl halides is 1. The van der Waals surface area contributed by atoms with E-state index >= 15 is 0 Å². The molecule has 1 unspecified atom stereocenters. The summed E-state index contributed by atoms with van der Waals surface area (Å²) in [5.41, 5.74) is 0.879. The van der Waals surface area contributed by atoms with Crippen LogP contribution in [0.2, 0.25) is 0 Å². The van der Waals surface area contributed by atoms with Gasteiger partial charge in [-0.3, -0.25) is 18.8 Å². The lowest BCUT2D eigenvalue weighted by Gasteiger charge is -2.40. The number of hydrogen-bond donors (Lipinski definition) is 1. The van der Waals surface area contributed by atoms with Gasteiger partial charge < -0.3 is 10.1 Å². The number of halogens is 1. The molecule has 0 spiro atoms. The molecule has 0 saturated heterocycles. The molecule has 1 aromatic carbocycles. The number of benzene rings is 1. The van der Waals surface area contributed by atoms with Crippen LogP contribution in [-0.4, -0.2) is 35.2 Å². The second kappa shape index (κ2) is 5.39. The smallest absolute Gasteiger partial charge is 0.332 e. The molecule has 0 amide bonds. The zero-order chi connectivity index (χ0) is 17.8. The molecule has 7 nitrogen and oxygen atoms in total. The highest BCUT2D eigenvalue weighted by atomic mass is 35.5. The SMILES string of the molecule is COc1ccc2c(c1)Nc1c(c(=O)n(C)c(=O)n1C)C2(Cl)N(C)C. The van der Waals surface area contributed by atoms with Crippen LogP contribution in [0.1, 0.15) is 11.1 Å². The van der Waals surface area contributed by atoms with Crippen molar-refractivity contribution >= 4 is 23.1 Å². The van der Waals surface area contributed by atoms with Gasteiger partial charge in [-0.05, 0) is 26.2 Å². The summed E-state index contributed by atoms with van der Waals surface area (Å²) in [6, 6.07) is 5.40. The van der Waals surface area contributed by atoms with Crippen LogP contribution in [0.15, 0.2) is 27.8 Å². The summed E-state index contributed by atoms with van der Waals surface area (Å²) >= 11 is 6.98. The summed E-state index contributed by atoms with van der Waals surface area (Å²) in [4.78, 5) is 25.6. The minimum atomic E-state index is -1.21. The van der Waals surface area contributed by atoms with Gasteiger partial charge in [0.2, 0.25) is 0 Å². The molecule has 1 N–H and O–H groups in total. The summed E-state index contributed by atoms with van der Waals surface area (Å²) in [5.74, 6) is 1.03. The zero-order valence-electron chi connectivity index (χ0n) is 14.2. The molecular weight excluding hydrogens is 332 g/mol. The van der Waals surface area contributed by atoms with Crippen molar-refractivity contribution in [2.75, 3.05) is 26.5 Å². The van der Waals surface area contributed by atoms with E-state index in [-0.39, 0.29) is 0 Å². The number of methoxy groups -OCH3 is 1. The first-order valence-corrected chi connectivity index (χ1v) is 7.73. The molecule has 2 heterocycles. The number of nitrogens with one attached hydrogen (secondary N) is 1. The lowest BCUT2D eigenvalue weighted by Crippen LogP contribution is -2.50. The van der Waals surface area contributed by atoms with Crippen molar-refractivity contribution in [3.8, 4) is 5.75 Å². The number of aromatic nitrogens is 2. The minimum Gasteiger partial charge on any atom is -0.497 e. The van der Waals surface area contributed by atoms with Crippen molar-refractivity contribution < 1.29 is 4.74 Å². The molecule has 24 heavy (non-hydrogen) atoms. The maximum atomic E-state index is 12.8. The first-order valence-electron chi connectivity index (χ1n) is 7.35. The Morgan fingerprint density at radius 2 is 1.88 bits per heavy atom. The molecule has 1 aliphatic heterocycles. The third-order valence-electron chi connectivity index (χ3n) is 4.45. The van der Waals surface area contributed by atoms with E-state index < -0.39 is 16.2 Å². The fourth-order valence-corrected chi connectivity index (χ4v) is 3.39. The third kappa shape index (κ3) is 2.01. The molecule has 0 radical (unpaired) electrons. The van der Waals surface area contributed by atoms with Gasteiger partial charge in [0, 0.05) is 31.4 Å². The first kappa shape index (κ1) is 16.6. The van der Waals surface area contributed by atoms with E-state index in [0.717, 1.165) is 10.1 Å². The van der Waals surface area contributed by atoms with E-state index in [9.17, 15) is 9.59 Å². The average Bonchev–Trinajstić information content (AvgIpc) is 2.57. The summed E-state index contributed by atoms with van der Waals surface area (Å²) < 4.78 is 7.72. The minimum absolute atomic E-state index is 0.316. The van der Waals surface area contributed by atoms with Crippen LogP contribution in [0.3, 0.4) is 0 Å². The molecule has 3 rings (SSSR count). The van der Waals surface area contributed by atoms with Crippen LogP contribution < -0.4 is 21.3 Å². The monoisotopic (exact) mass is 350 g/mol. The average molecular weight is 351 g/mol. The standard InChI is InChI=1S/C16H19ClN4O3/c1-19(2)16(17)10-7-6-9(24-5)8-11(10)18-13-12(16)14(22)21(4)15(23)20(13)3/h6-8,18H,1-5H3. The number of ether oxygens (including phenoxy) is 1. The van der Waals surface area contributed by atoms with Gasteiger partial charge in [-0.15, -0.1) is 0 Å². The maximum Gasteiger partial charge on any atom is 0.332 e. The summed E-state index contributed by atoms with van der Waals surface area (Å²) in [6.45, 7) is 0. The third-order valence-corrected chi connectivity index (χ3v) is 5.18. The van der Waals surface area contributed by atoms with Crippen molar-refractivity contribution in [1.29, 1.82) is 0 Å². The lowest BCUT2D eigenvalue weighted by atomic mass is 9.92. The Labute approximate surface area is 144 Å². The molecule has 0 fully saturated rings. The molecule has 1 atom stereocenters. The molecular formula is C16H19ClN4O3. The summed E-state index contributed by atoms with van der Waals surface area (Å²) in [5, 5.41) is 3.16. The van der Waals surface area contributed by atoms with E-state index in [1.54, 1.807) is 45.3 Å². The Kier molecular flexibility index (Phi) is 3.73. The van der Waals surface area contributed by atoms with E-state index in [4.69, 9.17) is 16.3 Å². The summed E-state index contributed by atoms with van der Waals surface area (Å²) in [7, 11) is 8.21. The Hall–Kier alpha value is -2.25. The van der Waals surface area contributed by atoms with E-state index in [2.05, 4.69) is 5.32 Å². The molecule has 1 aliphatic rings. The number of hydrogen-bond acceptors (Lipinski definition) is 5. The van der Waals surface area contributed by atoms with Crippen LogP contribution in [0.4, 0.5) is 11.5 Å². The zero-order valence-corrected chi connectivity index (χ0v) is 14.9. The fraction of sp³-hybridized carbons (Fsp3) is 0.375. The van der Waals surface area contributed by atoms with Crippen LogP contribution in [0.25, 0.3) is 0 Å². The molecule has 8 heteroatoms. The number of rotatable bonds is 2. The number of nitrogens with zero attached hydrogens (tertiary/aromatic N) is 3. The van der Waals surface area contributed by atoms with Gasteiger partial charge in [-0.25, -0.2) is 4.79 Å². The van der Waals surface area contributed by atoms with E-state index in [1.165, 1.54) is 11.6 Å². The Morgan fingerprint density at radius 3 is 2.46 bits per heavy atom. The highest BCUT2D eigenvalue weighted by Gasteiger charge is 2.45. The number of fused-ring (bicyclic) bond motifs is 2. The Bertz CT molecular complexity index is 948. The van der Waals surface area contributed by atoms with Crippen molar-refractivity contribution in [2.45, 2.75) is 5.00 Å². The van der Waals surface area contributed by atoms with Crippen LogP contribution in [-0.2, 0) is 19.1 Å². The normalized spacial score (nSPS) is 18.8. The van der Waals surface area contributed by atoms with Gasteiger partial charge in [0.1, 0.15) is 11.6 Å². The first-order chi connectivity index (χ1) is 11.2. The maximum absolute atomic E-state index is 12.8. The van der Waals surface area contributed by atoms with Crippen molar-refractivity contribution in [3.05, 3.63) is 50.2 Å². The lowest BCUT2D eigenvalue weighted by molar-refractivity contribution is 0.291. The molecule has 0 saturated carbocycles. The van der Waals surface area contributed by atoms with Crippen LogP contribution in [0.5, 0.6) is 5.75 Å². The van der Waals surface area contributed by atoms with Crippen LogP contribution >= 0.6 is 11.6 Å². The number of anilines is 2. The van der Waals surface area contributed by atoms with E-state index in [1.807, 2.05) is 6.07 Å². The highest BCUT2D eigenvalue weighted by Crippen LogP contribution is 2.48. The molecule has 128 valence electrons. The van der Waals surface area contributed by atoms with Gasteiger partial charge in [0.25, 0.3) is 5.56 Å². The second-order valence-corrected chi connectivity index (χ2v) is 6.53. The van der Waals surface area contributed by atoms with Crippen molar-refractivity contribution in [1.82, 2.24) is 14.0 Å². The molecule has 0 bridgehead atoms. The quantitative estimate of drug-likeness (QED) is 0.650. The Balaban J connectivity index is 2.45.